The Kier molecular flexibility index (Phi) is 7.36. The van der Waals surface area contributed by atoms with Crippen molar-refractivity contribution in [1.82, 2.24) is 0 Å². The minimum atomic E-state index is -2.22. The van der Waals surface area contributed by atoms with Crippen LogP contribution in [0.25, 0.3) is 0 Å². The second-order valence-electron chi connectivity index (χ2n) is 5.27. The van der Waals surface area contributed by atoms with Crippen LogP contribution in [0.3, 0.4) is 0 Å². The van der Waals surface area contributed by atoms with Gasteiger partial charge in [-0.15, -0.1) is 0 Å². The Morgan fingerprint density at radius 1 is 0.920 bits per heavy atom. The molecule has 1 rings (SSSR count). The summed E-state index contributed by atoms with van der Waals surface area (Å²) in [7, 11) is 0. The molecule has 0 unspecified atom stereocenters. The van der Waals surface area contributed by atoms with Gasteiger partial charge < -0.3 is 0 Å². The van der Waals surface area contributed by atoms with Crippen molar-refractivity contribution in [2.24, 2.45) is 0 Å². The third kappa shape index (κ3) is 6.28. The SMILES string of the molecule is CC(=O)OC[C@H]1O[C@](O)([Se])[C@H](OC(C)=O)[C@@H](OC(C)=O)[C@@H]1OC(C)=O. The van der Waals surface area contributed by atoms with E-state index in [-0.39, 0.29) is 0 Å². The van der Waals surface area contributed by atoms with Crippen LogP contribution < -0.4 is 0 Å². The molecule has 1 aliphatic rings. The van der Waals surface area contributed by atoms with Gasteiger partial charge in [-0.25, -0.2) is 0 Å². The van der Waals surface area contributed by atoms with E-state index in [9.17, 15) is 24.3 Å². The summed E-state index contributed by atoms with van der Waals surface area (Å²) < 4.78 is 23.1. The predicted molar refractivity (Wildman–Crippen MR) is 78.9 cm³/mol. The van der Waals surface area contributed by atoms with Crippen molar-refractivity contribution in [3.05, 3.63) is 0 Å². The van der Waals surface area contributed by atoms with Crippen LogP contribution in [-0.4, -0.2) is 80.7 Å². The molecule has 0 aliphatic carbocycles. The van der Waals surface area contributed by atoms with Crippen molar-refractivity contribution in [2.75, 3.05) is 6.61 Å². The van der Waals surface area contributed by atoms with Crippen LogP contribution in [0, 0.1) is 0 Å². The molecule has 0 amide bonds. The van der Waals surface area contributed by atoms with Crippen molar-refractivity contribution in [2.45, 2.75) is 56.8 Å². The van der Waals surface area contributed by atoms with E-state index in [2.05, 4.69) is 16.0 Å². The molecule has 141 valence electrons. The van der Waals surface area contributed by atoms with Gasteiger partial charge in [0.1, 0.15) is 0 Å². The summed E-state index contributed by atoms with van der Waals surface area (Å²) in [6, 6.07) is 0. The molecule has 11 heteroatoms. The summed E-state index contributed by atoms with van der Waals surface area (Å²) >= 11 is 2.29. The number of rotatable bonds is 5. The molecular weight excluding hydrogens is 407 g/mol. The summed E-state index contributed by atoms with van der Waals surface area (Å²) in [4.78, 5) is 45.2. The van der Waals surface area contributed by atoms with Gasteiger partial charge in [-0.1, -0.05) is 0 Å². The topological polar surface area (TPSA) is 135 Å². The maximum absolute atomic E-state index is 11.4. The Hall–Kier alpha value is -1.68. The number of aliphatic hydroxyl groups is 1. The maximum atomic E-state index is 11.4. The molecular formula is C14H19O10Se. The zero-order chi connectivity index (χ0) is 19.4. The molecule has 0 aromatic heterocycles. The van der Waals surface area contributed by atoms with Gasteiger partial charge in [0.05, 0.1) is 0 Å². The molecule has 0 aromatic carbocycles. The zero-order valence-electron chi connectivity index (χ0n) is 14.0. The molecule has 10 nitrogen and oxygen atoms in total. The van der Waals surface area contributed by atoms with E-state index in [0.29, 0.717) is 0 Å². The fourth-order valence-electron chi connectivity index (χ4n) is 2.25. The normalized spacial score (nSPS) is 31.6. The van der Waals surface area contributed by atoms with Gasteiger partial charge in [-0.05, 0) is 0 Å². The molecule has 1 radical (unpaired) electrons. The molecule has 0 saturated carbocycles. The average molecular weight is 426 g/mol. The molecule has 0 aromatic rings. The summed E-state index contributed by atoms with van der Waals surface area (Å²) in [5.74, 6) is -2.95. The van der Waals surface area contributed by atoms with Gasteiger partial charge in [0.15, 0.2) is 0 Å². The number of carbonyl (C=O) groups excluding carboxylic acids is 4. The van der Waals surface area contributed by atoms with Crippen LogP contribution in [0.15, 0.2) is 0 Å². The standard InChI is InChI=1S/C14H19O10Se/c1-6(15)20-5-10-11(21-7(2)16)12(22-8(3)17)13(23-9(4)18)14(19,25)24-10/h10-13,19H,5H2,1-4H3/t10-,11-,12+,13-,14+/m1/s1. The fourth-order valence-corrected chi connectivity index (χ4v) is 2.89. The molecule has 25 heavy (non-hydrogen) atoms. The third-order valence-electron chi connectivity index (χ3n) is 3.02. The van der Waals surface area contributed by atoms with Crippen molar-refractivity contribution in [3.8, 4) is 0 Å². The Balaban J connectivity index is 3.24. The molecule has 0 spiro atoms. The second-order valence-corrected chi connectivity index (χ2v) is 6.49. The molecule has 1 N–H and O–H groups in total. The molecule has 1 saturated heterocycles. The van der Waals surface area contributed by atoms with Crippen LogP contribution in [-0.2, 0) is 42.9 Å². The summed E-state index contributed by atoms with van der Waals surface area (Å²) in [5.41, 5.74) is 0. The van der Waals surface area contributed by atoms with E-state index in [1.807, 2.05) is 0 Å². The first-order valence-electron chi connectivity index (χ1n) is 7.19. The Morgan fingerprint density at radius 2 is 1.40 bits per heavy atom. The number of hydrogen-bond donors (Lipinski definition) is 1. The van der Waals surface area contributed by atoms with Crippen molar-refractivity contribution >= 4 is 39.9 Å². The van der Waals surface area contributed by atoms with Gasteiger partial charge in [-0.3, -0.25) is 0 Å². The van der Waals surface area contributed by atoms with Crippen molar-refractivity contribution in [1.29, 1.82) is 0 Å². The van der Waals surface area contributed by atoms with E-state index in [0.717, 1.165) is 27.7 Å². The Morgan fingerprint density at radius 3 is 1.84 bits per heavy atom. The Bertz CT molecular complexity index is 546. The van der Waals surface area contributed by atoms with E-state index in [1.54, 1.807) is 0 Å². The first-order chi connectivity index (χ1) is 11.4. The predicted octanol–water partition coefficient (Wildman–Crippen LogP) is -1.44. The average Bonchev–Trinajstić information content (AvgIpc) is 2.42. The van der Waals surface area contributed by atoms with Crippen LogP contribution in [0.2, 0.25) is 0 Å². The zero-order valence-corrected chi connectivity index (χ0v) is 15.8. The van der Waals surface area contributed by atoms with E-state index in [1.165, 1.54) is 0 Å². The van der Waals surface area contributed by atoms with Gasteiger partial charge in [0, 0.05) is 0 Å². The van der Waals surface area contributed by atoms with Crippen LogP contribution >= 0.6 is 0 Å². The van der Waals surface area contributed by atoms with Crippen LogP contribution in [0.4, 0.5) is 0 Å². The number of esters is 4. The molecule has 1 aliphatic heterocycles. The second kappa shape index (κ2) is 8.61. The Labute approximate surface area is 151 Å². The van der Waals surface area contributed by atoms with Gasteiger partial charge in [-0.2, -0.15) is 0 Å². The van der Waals surface area contributed by atoms with Gasteiger partial charge in [0.25, 0.3) is 0 Å². The van der Waals surface area contributed by atoms with E-state index >= 15 is 0 Å². The first-order valence-corrected chi connectivity index (χ1v) is 8.05. The third-order valence-corrected chi connectivity index (χ3v) is 3.71. The summed E-state index contributed by atoms with van der Waals surface area (Å²) in [5, 5.41) is 10.4. The van der Waals surface area contributed by atoms with Gasteiger partial charge in [0.2, 0.25) is 0 Å². The number of hydrogen-bond acceptors (Lipinski definition) is 10. The molecule has 1 fully saturated rings. The molecule has 0 bridgehead atoms. The van der Waals surface area contributed by atoms with Gasteiger partial charge >= 0.3 is 151 Å². The van der Waals surface area contributed by atoms with E-state index < -0.39 is 59.6 Å². The summed E-state index contributed by atoms with van der Waals surface area (Å²) in [6.45, 7) is 4.02. The van der Waals surface area contributed by atoms with Crippen LogP contribution in [0.5, 0.6) is 0 Å². The van der Waals surface area contributed by atoms with Crippen molar-refractivity contribution in [3.63, 3.8) is 0 Å². The summed E-state index contributed by atoms with van der Waals surface area (Å²) in [6.07, 6.45) is -5.40. The monoisotopic (exact) mass is 427 g/mol. The first kappa shape index (κ1) is 21.4. The number of ether oxygens (including phenoxy) is 5. The quantitative estimate of drug-likeness (QED) is 0.316. The van der Waals surface area contributed by atoms with Crippen LogP contribution in [0.1, 0.15) is 27.7 Å². The molecule has 5 atom stereocenters. The minimum absolute atomic E-state index is 0.401. The van der Waals surface area contributed by atoms with Crippen molar-refractivity contribution < 1.29 is 48.0 Å². The molecule has 1 heterocycles. The van der Waals surface area contributed by atoms with E-state index in [4.69, 9.17) is 23.7 Å². The fraction of sp³-hybridized carbons (Fsp3) is 0.714. The number of carbonyl (C=O) groups is 4.